The van der Waals surface area contributed by atoms with Crippen LogP contribution < -0.4 is 10.2 Å². The number of hydrogen-bond acceptors (Lipinski definition) is 3. The molecule has 1 aliphatic carbocycles. The highest BCUT2D eigenvalue weighted by atomic mass is 15.2. The fourth-order valence-electron chi connectivity index (χ4n) is 3.11. The van der Waals surface area contributed by atoms with E-state index in [1.54, 1.807) is 0 Å². The minimum Gasteiger partial charge on any atom is -0.354 e. The smallest absolute Gasteiger partial charge is 0.133 e. The summed E-state index contributed by atoms with van der Waals surface area (Å²) in [6.45, 7) is 8.59. The zero-order valence-corrected chi connectivity index (χ0v) is 13.2. The molecular weight excluding hydrogens is 246 g/mol. The van der Waals surface area contributed by atoms with E-state index in [0.717, 1.165) is 13.1 Å². The Balaban J connectivity index is 2.15. The minimum absolute atomic E-state index is 0.507. The Morgan fingerprint density at radius 1 is 1.30 bits per heavy atom. The third-order valence-electron chi connectivity index (χ3n) is 4.20. The number of nitrogens with zero attached hydrogens (tertiary/aromatic N) is 2. The Bertz CT molecular complexity index is 397. The molecule has 0 amide bonds. The SMILES string of the molecule is CCN(c1ncccc1CNC(C)C)C1CCCCC1. The third-order valence-corrected chi connectivity index (χ3v) is 4.20. The maximum Gasteiger partial charge on any atom is 0.133 e. The Hall–Kier alpha value is -1.09. The lowest BCUT2D eigenvalue weighted by Crippen LogP contribution is -2.38. The summed E-state index contributed by atoms with van der Waals surface area (Å²) in [5, 5.41) is 3.52. The summed E-state index contributed by atoms with van der Waals surface area (Å²) in [5.41, 5.74) is 1.33. The van der Waals surface area contributed by atoms with E-state index in [9.17, 15) is 0 Å². The topological polar surface area (TPSA) is 28.2 Å². The molecule has 2 rings (SSSR count). The first-order chi connectivity index (χ1) is 9.72. The summed E-state index contributed by atoms with van der Waals surface area (Å²) >= 11 is 0. The van der Waals surface area contributed by atoms with Crippen LogP contribution in [0.1, 0.15) is 58.4 Å². The monoisotopic (exact) mass is 275 g/mol. The van der Waals surface area contributed by atoms with Gasteiger partial charge < -0.3 is 10.2 Å². The van der Waals surface area contributed by atoms with Crippen LogP contribution in [0, 0.1) is 0 Å². The lowest BCUT2D eigenvalue weighted by atomic mass is 9.94. The van der Waals surface area contributed by atoms with E-state index in [4.69, 9.17) is 0 Å². The summed E-state index contributed by atoms with van der Waals surface area (Å²) < 4.78 is 0. The minimum atomic E-state index is 0.507. The van der Waals surface area contributed by atoms with Crippen molar-refractivity contribution in [2.75, 3.05) is 11.4 Å². The van der Waals surface area contributed by atoms with Crippen LogP contribution in [0.3, 0.4) is 0 Å². The van der Waals surface area contributed by atoms with E-state index in [-0.39, 0.29) is 0 Å². The van der Waals surface area contributed by atoms with E-state index < -0.39 is 0 Å². The van der Waals surface area contributed by atoms with Crippen molar-refractivity contribution in [2.24, 2.45) is 0 Å². The van der Waals surface area contributed by atoms with E-state index in [2.05, 4.69) is 48.1 Å². The first-order valence-corrected chi connectivity index (χ1v) is 8.16. The van der Waals surface area contributed by atoms with Crippen LogP contribution in [0.4, 0.5) is 5.82 Å². The third kappa shape index (κ3) is 3.95. The molecule has 0 bridgehead atoms. The molecule has 1 fully saturated rings. The molecule has 0 radical (unpaired) electrons. The summed E-state index contributed by atoms with van der Waals surface area (Å²) in [7, 11) is 0. The second-order valence-electron chi connectivity index (χ2n) is 6.10. The maximum absolute atomic E-state index is 4.69. The maximum atomic E-state index is 4.69. The molecule has 1 aliphatic rings. The van der Waals surface area contributed by atoms with Gasteiger partial charge in [-0.25, -0.2) is 4.98 Å². The first-order valence-electron chi connectivity index (χ1n) is 8.16. The van der Waals surface area contributed by atoms with Crippen LogP contribution in [-0.2, 0) is 6.54 Å². The molecule has 20 heavy (non-hydrogen) atoms. The highest BCUT2D eigenvalue weighted by molar-refractivity contribution is 5.47. The molecule has 0 unspecified atom stereocenters. The van der Waals surface area contributed by atoms with Gasteiger partial charge in [0.25, 0.3) is 0 Å². The average Bonchev–Trinajstić information content (AvgIpc) is 2.48. The molecule has 1 aromatic rings. The van der Waals surface area contributed by atoms with Crippen LogP contribution >= 0.6 is 0 Å². The molecule has 112 valence electrons. The van der Waals surface area contributed by atoms with Gasteiger partial charge in [0.15, 0.2) is 0 Å². The van der Waals surface area contributed by atoms with Crippen molar-refractivity contribution in [1.82, 2.24) is 10.3 Å². The Labute approximate surface area is 123 Å². The van der Waals surface area contributed by atoms with Crippen molar-refractivity contribution in [3.05, 3.63) is 23.9 Å². The van der Waals surface area contributed by atoms with Gasteiger partial charge in [0.05, 0.1) is 0 Å². The van der Waals surface area contributed by atoms with E-state index in [0.29, 0.717) is 12.1 Å². The van der Waals surface area contributed by atoms with Gasteiger partial charge in [0.1, 0.15) is 5.82 Å². The highest BCUT2D eigenvalue weighted by Crippen LogP contribution is 2.28. The number of rotatable bonds is 6. The molecule has 0 aromatic carbocycles. The van der Waals surface area contributed by atoms with Gasteiger partial charge in [-0.05, 0) is 25.8 Å². The van der Waals surface area contributed by atoms with E-state index in [1.165, 1.54) is 43.5 Å². The molecule has 3 nitrogen and oxygen atoms in total. The van der Waals surface area contributed by atoms with Crippen molar-refractivity contribution in [1.29, 1.82) is 0 Å². The van der Waals surface area contributed by atoms with Gasteiger partial charge >= 0.3 is 0 Å². The van der Waals surface area contributed by atoms with Crippen molar-refractivity contribution >= 4 is 5.82 Å². The number of hydrogen-bond donors (Lipinski definition) is 1. The molecule has 0 saturated heterocycles. The Morgan fingerprint density at radius 2 is 2.05 bits per heavy atom. The predicted molar refractivity (Wildman–Crippen MR) is 86.1 cm³/mol. The largest absolute Gasteiger partial charge is 0.354 e. The average molecular weight is 275 g/mol. The summed E-state index contributed by atoms with van der Waals surface area (Å²) in [5.74, 6) is 1.19. The predicted octanol–water partition coefficient (Wildman–Crippen LogP) is 3.74. The molecule has 1 saturated carbocycles. The normalized spacial score (nSPS) is 16.6. The molecule has 3 heteroatoms. The first kappa shape index (κ1) is 15.3. The summed E-state index contributed by atoms with van der Waals surface area (Å²) in [6.07, 6.45) is 8.71. The van der Waals surface area contributed by atoms with Gasteiger partial charge in [-0.15, -0.1) is 0 Å². The lowest BCUT2D eigenvalue weighted by molar-refractivity contribution is 0.415. The van der Waals surface area contributed by atoms with E-state index >= 15 is 0 Å². The van der Waals surface area contributed by atoms with Gasteiger partial charge in [0.2, 0.25) is 0 Å². The quantitative estimate of drug-likeness (QED) is 0.857. The molecule has 0 atom stereocenters. The van der Waals surface area contributed by atoms with Gasteiger partial charge in [-0.2, -0.15) is 0 Å². The Kier molecular flexibility index (Phi) is 5.84. The molecule has 1 aromatic heterocycles. The number of nitrogens with one attached hydrogen (secondary N) is 1. The molecule has 1 N–H and O–H groups in total. The Morgan fingerprint density at radius 3 is 2.70 bits per heavy atom. The number of anilines is 1. The van der Waals surface area contributed by atoms with Crippen molar-refractivity contribution in [3.8, 4) is 0 Å². The second kappa shape index (κ2) is 7.63. The zero-order valence-electron chi connectivity index (χ0n) is 13.2. The van der Waals surface area contributed by atoms with Crippen molar-refractivity contribution < 1.29 is 0 Å². The van der Waals surface area contributed by atoms with Crippen molar-refractivity contribution in [3.63, 3.8) is 0 Å². The second-order valence-corrected chi connectivity index (χ2v) is 6.10. The molecular formula is C17H29N3. The van der Waals surface area contributed by atoms with Gasteiger partial charge in [-0.1, -0.05) is 39.2 Å². The molecule has 0 spiro atoms. The number of pyridine rings is 1. The van der Waals surface area contributed by atoms with Crippen LogP contribution in [0.15, 0.2) is 18.3 Å². The molecule has 0 aliphatic heterocycles. The van der Waals surface area contributed by atoms with Crippen LogP contribution in [0.5, 0.6) is 0 Å². The van der Waals surface area contributed by atoms with E-state index in [1.807, 2.05) is 6.20 Å². The fraction of sp³-hybridized carbons (Fsp3) is 0.706. The lowest BCUT2D eigenvalue weighted by Gasteiger charge is -2.35. The van der Waals surface area contributed by atoms with Crippen molar-refractivity contribution in [2.45, 2.75) is 71.5 Å². The van der Waals surface area contributed by atoms with Crippen LogP contribution in [0.2, 0.25) is 0 Å². The number of aromatic nitrogens is 1. The van der Waals surface area contributed by atoms with Crippen LogP contribution in [-0.4, -0.2) is 23.6 Å². The zero-order chi connectivity index (χ0) is 14.4. The standard InChI is InChI=1S/C17H29N3/c1-4-20(16-10-6-5-7-11-16)17-15(9-8-12-18-17)13-19-14(2)3/h8-9,12,14,16,19H,4-7,10-11,13H2,1-3H3. The summed E-state index contributed by atoms with van der Waals surface area (Å²) in [6, 6.07) is 5.45. The van der Waals surface area contributed by atoms with Gasteiger partial charge in [0, 0.05) is 36.9 Å². The van der Waals surface area contributed by atoms with Crippen LogP contribution in [0.25, 0.3) is 0 Å². The highest BCUT2D eigenvalue weighted by Gasteiger charge is 2.22. The summed E-state index contributed by atoms with van der Waals surface area (Å²) in [4.78, 5) is 7.21. The fourth-order valence-corrected chi connectivity index (χ4v) is 3.11. The van der Waals surface area contributed by atoms with Gasteiger partial charge in [-0.3, -0.25) is 0 Å². The molecule has 1 heterocycles.